The van der Waals surface area contributed by atoms with E-state index in [0.29, 0.717) is 27.3 Å². The summed E-state index contributed by atoms with van der Waals surface area (Å²) in [5.74, 6) is 1.68. The minimum absolute atomic E-state index is 0.246. The second-order valence-electron chi connectivity index (χ2n) is 6.87. The minimum atomic E-state index is -0.246. The van der Waals surface area contributed by atoms with Crippen molar-refractivity contribution in [3.8, 4) is 11.3 Å². The molecule has 0 atom stereocenters. The number of aryl methyl sites for hydroxylation is 1. The van der Waals surface area contributed by atoms with Gasteiger partial charge in [-0.3, -0.25) is 9.78 Å². The van der Waals surface area contributed by atoms with Gasteiger partial charge in [-0.25, -0.2) is 9.36 Å². The molecule has 4 aromatic rings. The minimum Gasteiger partial charge on any atom is -0.461 e. The van der Waals surface area contributed by atoms with Crippen molar-refractivity contribution in [2.45, 2.75) is 25.7 Å². The average Bonchev–Trinajstić information content (AvgIpc) is 3.32. The van der Waals surface area contributed by atoms with Crippen LogP contribution in [-0.4, -0.2) is 20.2 Å². The normalized spacial score (nSPS) is 13.8. The maximum absolute atomic E-state index is 12.3. The average molecular weight is 411 g/mol. The Kier molecular flexibility index (Phi) is 4.14. The summed E-state index contributed by atoms with van der Waals surface area (Å²) in [6.45, 7) is 1.84. The second kappa shape index (κ2) is 6.68. The van der Waals surface area contributed by atoms with Crippen LogP contribution in [-0.2, 0) is 0 Å². The Morgan fingerprint density at radius 1 is 1.21 bits per heavy atom. The number of amides is 1. The maximum atomic E-state index is 12.3. The first-order valence-corrected chi connectivity index (χ1v) is 10.0. The molecule has 0 saturated heterocycles. The molecule has 1 aromatic carbocycles. The highest BCUT2D eigenvalue weighted by Gasteiger charge is 2.27. The zero-order valence-corrected chi connectivity index (χ0v) is 16.5. The molecule has 3 heterocycles. The Morgan fingerprint density at radius 3 is 2.75 bits per heavy atom. The maximum Gasteiger partial charge on any atom is 0.268 e. The summed E-state index contributed by atoms with van der Waals surface area (Å²) in [7, 11) is 0. The quantitative estimate of drug-likeness (QED) is 0.484. The molecule has 0 unspecified atom stereocenters. The molecule has 1 aliphatic rings. The zero-order valence-electron chi connectivity index (χ0n) is 14.9. The third-order valence-electron chi connectivity index (χ3n) is 4.73. The van der Waals surface area contributed by atoms with Crippen molar-refractivity contribution >= 4 is 45.8 Å². The first-order valence-electron chi connectivity index (χ1n) is 8.86. The first-order chi connectivity index (χ1) is 13.6. The second-order valence-corrected chi connectivity index (χ2v) is 8.08. The highest BCUT2D eigenvalue weighted by Crippen LogP contribution is 2.43. The third kappa shape index (κ3) is 3.16. The number of hydrogen-bond acceptors (Lipinski definition) is 6. The predicted molar refractivity (Wildman–Crippen MR) is 109 cm³/mol. The number of nitrogens with one attached hydrogen (secondary N) is 1. The van der Waals surface area contributed by atoms with Crippen LogP contribution < -0.4 is 5.32 Å². The molecule has 140 valence electrons. The summed E-state index contributed by atoms with van der Waals surface area (Å²) in [5.41, 5.74) is 2.98. The van der Waals surface area contributed by atoms with Crippen LogP contribution in [0.2, 0.25) is 5.02 Å². The van der Waals surface area contributed by atoms with Crippen molar-refractivity contribution in [1.29, 1.82) is 0 Å². The van der Waals surface area contributed by atoms with Crippen molar-refractivity contribution in [3.05, 3.63) is 58.0 Å². The molecule has 1 amide bonds. The van der Waals surface area contributed by atoms with E-state index in [4.69, 9.17) is 16.0 Å². The summed E-state index contributed by atoms with van der Waals surface area (Å²) in [4.78, 5) is 21.5. The third-order valence-corrected chi connectivity index (χ3v) is 5.94. The first kappa shape index (κ1) is 17.3. The monoisotopic (exact) mass is 410 g/mol. The number of rotatable bonds is 4. The molecule has 3 aromatic heterocycles. The number of aromatic nitrogens is 3. The van der Waals surface area contributed by atoms with Gasteiger partial charge in [-0.2, -0.15) is 0 Å². The molecule has 0 radical (unpaired) electrons. The summed E-state index contributed by atoms with van der Waals surface area (Å²) in [6, 6.07) is 5.85. The van der Waals surface area contributed by atoms with Crippen molar-refractivity contribution in [1.82, 2.24) is 14.3 Å². The number of furan rings is 1. The molecule has 1 aliphatic carbocycles. The van der Waals surface area contributed by atoms with Gasteiger partial charge in [0, 0.05) is 23.1 Å². The van der Waals surface area contributed by atoms with E-state index in [0.717, 1.165) is 39.4 Å². The Morgan fingerprint density at radius 2 is 2.07 bits per heavy atom. The number of nitrogens with zero attached hydrogens (tertiary/aromatic N) is 3. The van der Waals surface area contributed by atoms with Gasteiger partial charge in [-0.1, -0.05) is 11.6 Å². The molecule has 28 heavy (non-hydrogen) atoms. The van der Waals surface area contributed by atoms with Crippen LogP contribution in [0.4, 0.5) is 5.82 Å². The number of anilines is 1. The molecule has 0 spiro atoms. The van der Waals surface area contributed by atoms with E-state index in [9.17, 15) is 4.79 Å². The van der Waals surface area contributed by atoms with E-state index in [2.05, 4.69) is 25.7 Å². The lowest BCUT2D eigenvalue weighted by molar-refractivity contribution is 0.102. The van der Waals surface area contributed by atoms with E-state index in [1.165, 1.54) is 19.0 Å². The van der Waals surface area contributed by atoms with Crippen LogP contribution in [0.5, 0.6) is 0 Å². The van der Waals surface area contributed by atoms with Gasteiger partial charge in [-0.05, 0) is 55.1 Å². The number of carbonyl (C=O) groups excluding carboxylic acids is 1. The standard InChI is InChI=1S/C20H15ClN4O2S/c1-10-7-24-28-19(10)20(26)25-18-9-22-15(8-23-18)13-6-17-12(4-14(13)21)5-16(27-17)11-2-3-11/h4-9,11H,2-3H2,1H3,(H,23,25,26). The number of carbonyl (C=O) groups is 1. The van der Waals surface area contributed by atoms with Crippen LogP contribution in [0, 0.1) is 6.92 Å². The van der Waals surface area contributed by atoms with E-state index in [1.54, 1.807) is 12.4 Å². The lowest BCUT2D eigenvalue weighted by Crippen LogP contribution is -2.12. The van der Waals surface area contributed by atoms with Gasteiger partial charge >= 0.3 is 0 Å². The summed E-state index contributed by atoms with van der Waals surface area (Å²) >= 11 is 7.62. The molecule has 1 saturated carbocycles. The molecule has 0 bridgehead atoms. The highest BCUT2D eigenvalue weighted by atomic mass is 35.5. The van der Waals surface area contributed by atoms with Gasteiger partial charge in [0.25, 0.3) is 5.91 Å². The van der Waals surface area contributed by atoms with E-state index in [1.807, 2.05) is 19.1 Å². The van der Waals surface area contributed by atoms with Crippen LogP contribution >= 0.6 is 23.1 Å². The molecular weight excluding hydrogens is 396 g/mol. The van der Waals surface area contributed by atoms with Crippen LogP contribution in [0.3, 0.4) is 0 Å². The summed E-state index contributed by atoms with van der Waals surface area (Å²) in [5, 5.41) is 4.32. The molecule has 1 N–H and O–H groups in total. The number of benzene rings is 1. The van der Waals surface area contributed by atoms with E-state index in [-0.39, 0.29) is 5.91 Å². The van der Waals surface area contributed by atoms with E-state index < -0.39 is 0 Å². The topological polar surface area (TPSA) is 80.9 Å². The SMILES string of the molecule is Cc1cnsc1C(=O)Nc1cnc(-c2cc3oc(C4CC4)cc3cc2Cl)cn1. The van der Waals surface area contributed by atoms with Crippen molar-refractivity contribution in [2.24, 2.45) is 0 Å². The lowest BCUT2D eigenvalue weighted by atomic mass is 10.1. The van der Waals surface area contributed by atoms with Gasteiger partial charge in [0.05, 0.1) is 23.1 Å². The Bertz CT molecular complexity index is 1190. The highest BCUT2D eigenvalue weighted by molar-refractivity contribution is 7.08. The van der Waals surface area contributed by atoms with Gasteiger partial charge in [-0.15, -0.1) is 0 Å². The Labute approximate surface area is 169 Å². The molecular formula is C20H15ClN4O2S. The van der Waals surface area contributed by atoms with Crippen LogP contribution in [0.15, 0.2) is 41.2 Å². The largest absolute Gasteiger partial charge is 0.461 e. The van der Waals surface area contributed by atoms with Crippen molar-refractivity contribution in [3.63, 3.8) is 0 Å². The number of halogens is 1. The molecule has 1 fully saturated rings. The van der Waals surface area contributed by atoms with Crippen LogP contribution in [0.1, 0.15) is 39.8 Å². The Balaban J connectivity index is 1.41. The summed E-state index contributed by atoms with van der Waals surface area (Å²) in [6.07, 6.45) is 7.13. The van der Waals surface area contributed by atoms with Gasteiger partial charge in [0.2, 0.25) is 0 Å². The zero-order chi connectivity index (χ0) is 19.3. The van der Waals surface area contributed by atoms with Crippen molar-refractivity contribution in [2.75, 3.05) is 5.32 Å². The molecule has 5 rings (SSSR count). The summed E-state index contributed by atoms with van der Waals surface area (Å²) < 4.78 is 9.98. The van der Waals surface area contributed by atoms with Gasteiger partial charge in [0.15, 0.2) is 5.82 Å². The molecule has 6 nitrogen and oxygen atoms in total. The van der Waals surface area contributed by atoms with Gasteiger partial charge in [0.1, 0.15) is 16.2 Å². The lowest BCUT2D eigenvalue weighted by Gasteiger charge is -2.06. The smallest absolute Gasteiger partial charge is 0.268 e. The van der Waals surface area contributed by atoms with Gasteiger partial charge < -0.3 is 9.73 Å². The fourth-order valence-corrected chi connectivity index (χ4v) is 3.97. The molecule has 0 aliphatic heterocycles. The van der Waals surface area contributed by atoms with Crippen LogP contribution in [0.25, 0.3) is 22.2 Å². The van der Waals surface area contributed by atoms with Crippen molar-refractivity contribution < 1.29 is 9.21 Å². The predicted octanol–water partition coefficient (Wildman–Crippen LogP) is 5.44. The van der Waals surface area contributed by atoms with E-state index >= 15 is 0 Å². The number of hydrogen-bond donors (Lipinski definition) is 1. The number of fused-ring (bicyclic) bond motifs is 1. The fraction of sp³-hybridized carbons (Fsp3) is 0.200. The molecule has 8 heteroatoms. The Hall–Kier alpha value is -2.77. The fourth-order valence-electron chi connectivity index (χ4n) is 3.06.